The number of furan rings is 1. The molecule has 0 aliphatic carbocycles. The third-order valence-corrected chi connectivity index (χ3v) is 4.60. The molecule has 0 atom stereocenters. The van der Waals surface area contributed by atoms with Gasteiger partial charge < -0.3 is 9.15 Å². The zero-order chi connectivity index (χ0) is 16.0. The highest BCUT2D eigenvalue weighted by molar-refractivity contribution is 7.89. The lowest BCUT2D eigenvalue weighted by Gasteiger charge is -2.13. The molecule has 0 bridgehead atoms. The molecule has 0 unspecified atom stereocenters. The largest absolute Gasteiger partial charge is 0.492 e. The molecule has 0 spiro atoms. The smallest absolute Gasteiger partial charge is 0.244 e. The second-order valence-electron chi connectivity index (χ2n) is 5.06. The Morgan fingerprint density at radius 2 is 2.09 bits per heavy atom. The summed E-state index contributed by atoms with van der Waals surface area (Å²) in [6.45, 7) is 4.57. The van der Waals surface area contributed by atoms with Gasteiger partial charge in [0.25, 0.3) is 0 Å². The summed E-state index contributed by atoms with van der Waals surface area (Å²) in [4.78, 5) is 0.153. The average Bonchev–Trinajstić information content (AvgIpc) is 2.99. The second kappa shape index (κ2) is 7.47. The van der Waals surface area contributed by atoms with Crippen LogP contribution in [-0.4, -0.2) is 15.0 Å². The van der Waals surface area contributed by atoms with E-state index in [0.29, 0.717) is 18.1 Å². The zero-order valence-electron chi connectivity index (χ0n) is 12.8. The minimum atomic E-state index is -3.66. The highest BCUT2D eigenvalue weighted by Crippen LogP contribution is 2.25. The lowest BCUT2D eigenvalue weighted by atomic mass is 10.2. The molecule has 0 saturated carbocycles. The Hall–Kier alpha value is -1.79. The van der Waals surface area contributed by atoms with Crippen LogP contribution in [0.4, 0.5) is 0 Å². The number of rotatable bonds is 8. The van der Waals surface area contributed by atoms with E-state index in [1.165, 1.54) is 6.26 Å². The maximum absolute atomic E-state index is 12.5. The molecule has 120 valence electrons. The highest BCUT2D eigenvalue weighted by atomic mass is 32.2. The Morgan fingerprint density at radius 3 is 2.77 bits per heavy atom. The summed E-state index contributed by atoms with van der Waals surface area (Å²) in [5.41, 5.74) is 0.955. The summed E-state index contributed by atoms with van der Waals surface area (Å²) < 4.78 is 38.2. The number of hydrogen-bond acceptors (Lipinski definition) is 4. The molecule has 6 heteroatoms. The molecule has 0 fully saturated rings. The molecule has 0 radical (unpaired) electrons. The molecule has 22 heavy (non-hydrogen) atoms. The van der Waals surface area contributed by atoms with Crippen LogP contribution in [0, 0.1) is 6.92 Å². The van der Waals surface area contributed by atoms with Crippen LogP contribution in [0.25, 0.3) is 0 Å². The first-order valence-electron chi connectivity index (χ1n) is 7.28. The van der Waals surface area contributed by atoms with Crippen LogP contribution in [0.2, 0.25) is 0 Å². The third kappa shape index (κ3) is 4.35. The van der Waals surface area contributed by atoms with Gasteiger partial charge in [0.05, 0.1) is 19.4 Å². The molecular weight excluding hydrogens is 302 g/mol. The van der Waals surface area contributed by atoms with Gasteiger partial charge in [-0.2, -0.15) is 0 Å². The third-order valence-electron chi connectivity index (χ3n) is 3.16. The van der Waals surface area contributed by atoms with E-state index in [2.05, 4.69) is 11.6 Å². The molecule has 1 aromatic heterocycles. The maximum atomic E-state index is 12.5. The van der Waals surface area contributed by atoms with Crippen molar-refractivity contribution in [3.63, 3.8) is 0 Å². The molecule has 5 nitrogen and oxygen atoms in total. The van der Waals surface area contributed by atoms with Gasteiger partial charge in [-0.1, -0.05) is 19.4 Å². The van der Waals surface area contributed by atoms with E-state index in [1.54, 1.807) is 30.3 Å². The number of benzene rings is 1. The summed E-state index contributed by atoms with van der Waals surface area (Å²) in [7, 11) is -3.66. The van der Waals surface area contributed by atoms with Gasteiger partial charge in [-0.05, 0) is 43.2 Å². The van der Waals surface area contributed by atoms with E-state index < -0.39 is 10.0 Å². The van der Waals surface area contributed by atoms with Crippen LogP contribution in [-0.2, 0) is 16.6 Å². The predicted octanol–water partition coefficient (Wildman–Crippen LogP) is 3.25. The minimum absolute atomic E-state index is 0.109. The van der Waals surface area contributed by atoms with Crippen molar-refractivity contribution in [2.75, 3.05) is 6.61 Å². The lowest BCUT2D eigenvalue weighted by Crippen LogP contribution is -2.23. The van der Waals surface area contributed by atoms with Gasteiger partial charge in [0.15, 0.2) is 0 Å². The van der Waals surface area contributed by atoms with Crippen molar-refractivity contribution >= 4 is 10.0 Å². The zero-order valence-corrected chi connectivity index (χ0v) is 13.7. The number of ether oxygens (including phenoxy) is 1. The number of hydrogen-bond donors (Lipinski definition) is 1. The summed E-state index contributed by atoms with van der Waals surface area (Å²) in [6, 6.07) is 8.51. The van der Waals surface area contributed by atoms with Crippen LogP contribution in [0.3, 0.4) is 0 Å². The van der Waals surface area contributed by atoms with Crippen molar-refractivity contribution in [2.24, 2.45) is 0 Å². The SMILES string of the molecule is CCCCOc1cc(C)ccc1S(=O)(=O)NCc1ccco1. The van der Waals surface area contributed by atoms with E-state index in [4.69, 9.17) is 9.15 Å². The fraction of sp³-hybridized carbons (Fsp3) is 0.375. The standard InChI is InChI=1S/C16H21NO4S/c1-3-4-9-21-15-11-13(2)7-8-16(15)22(18,19)17-12-14-6-5-10-20-14/h5-8,10-11,17H,3-4,9,12H2,1-2H3. The van der Waals surface area contributed by atoms with Gasteiger partial charge in [0, 0.05) is 0 Å². The number of sulfonamides is 1. The van der Waals surface area contributed by atoms with Crippen LogP contribution in [0.1, 0.15) is 31.1 Å². The van der Waals surface area contributed by atoms with Gasteiger partial charge in [-0.15, -0.1) is 0 Å². The molecule has 1 N–H and O–H groups in total. The highest BCUT2D eigenvalue weighted by Gasteiger charge is 2.20. The predicted molar refractivity (Wildman–Crippen MR) is 84.3 cm³/mol. The molecule has 0 aliphatic rings. The number of aryl methyl sites for hydroxylation is 1. The molecule has 2 aromatic rings. The van der Waals surface area contributed by atoms with E-state index in [1.807, 2.05) is 6.92 Å². The van der Waals surface area contributed by atoms with Gasteiger partial charge in [0.2, 0.25) is 10.0 Å². The summed E-state index contributed by atoms with van der Waals surface area (Å²) >= 11 is 0. The molecule has 1 heterocycles. The Bertz CT molecular complexity index is 693. The molecule has 2 rings (SSSR count). The summed E-state index contributed by atoms with van der Waals surface area (Å²) in [5, 5.41) is 0. The lowest BCUT2D eigenvalue weighted by molar-refractivity contribution is 0.301. The normalized spacial score (nSPS) is 11.5. The van der Waals surface area contributed by atoms with E-state index in [9.17, 15) is 8.42 Å². The van der Waals surface area contributed by atoms with Crippen LogP contribution >= 0.6 is 0 Å². The van der Waals surface area contributed by atoms with Crippen molar-refractivity contribution in [1.82, 2.24) is 4.72 Å². The fourth-order valence-corrected chi connectivity index (χ4v) is 3.05. The van der Waals surface area contributed by atoms with Gasteiger partial charge in [0.1, 0.15) is 16.4 Å². The van der Waals surface area contributed by atoms with Crippen LogP contribution in [0.5, 0.6) is 5.75 Å². The van der Waals surface area contributed by atoms with Crippen molar-refractivity contribution in [3.8, 4) is 5.75 Å². The van der Waals surface area contributed by atoms with Crippen molar-refractivity contribution in [1.29, 1.82) is 0 Å². The topological polar surface area (TPSA) is 68.5 Å². The van der Waals surface area contributed by atoms with E-state index in [0.717, 1.165) is 18.4 Å². The number of nitrogens with one attached hydrogen (secondary N) is 1. The monoisotopic (exact) mass is 323 g/mol. The van der Waals surface area contributed by atoms with Gasteiger partial charge in [-0.25, -0.2) is 13.1 Å². The Morgan fingerprint density at radius 1 is 1.27 bits per heavy atom. The maximum Gasteiger partial charge on any atom is 0.244 e. The van der Waals surface area contributed by atoms with Gasteiger partial charge in [-0.3, -0.25) is 0 Å². The average molecular weight is 323 g/mol. The summed E-state index contributed by atoms with van der Waals surface area (Å²) in [5.74, 6) is 0.949. The quantitative estimate of drug-likeness (QED) is 0.757. The van der Waals surface area contributed by atoms with Gasteiger partial charge >= 0.3 is 0 Å². The molecule has 1 aromatic carbocycles. The van der Waals surface area contributed by atoms with E-state index >= 15 is 0 Å². The molecule has 0 saturated heterocycles. The molecule has 0 amide bonds. The second-order valence-corrected chi connectivity index (χ2v) is 6.79. The first-order valence-corrected chi connectivity index (χ1v) is 8.76. The summed E-state index contributed by atoms with van der Waals surface area (Å²) in [6.07, 6.45) is 3.38. The Balaban J connectivity index is 2.17. The Labute approximate surface area is 131 Å². The minimum Gasteiger partial charge on any atom is -0.492 e. The Kier molecular flexibility index (Phi) is 5.63. The molecule has 0 aliphatic heterocycles. The van der Waals surface area contributed by atoms with Crippen molar-refractivity contribution < 1.29 is 17.6 Å². The van der Waals surface area contributed by atoms with Crippen molar-refractivity contribution in [2.45, 2.75) is 38.1 Å². The van der Waals surface area contributed by atoms with E-state index in [-0.39, 0.29) is 11.4 Å². The van der Waals surface area contributed by atoms with Crippen molar-refractivity contribution in [3.05, 3.63) is 47.9 Å². The molecular formula is C16H21NO4S. The fourth-order valence-electron chi connectivity index (χ4n) is 1.93. The van der Waals surface area contributed by atoms with Crippen LogP contribution < -0.4 is 9.46 Å². The number of unbranched alkanes of at least 4 members (excludes halogenated alkanes) is 1. The van der Waals surface area contributed by atoms with Crippen LogP contribution in [0.15, 0.2) is 45.9 Å². The first kappa shape index (κ1) is 16.6. The first-order chi connectivity index (χ1) is 10.5.